The monoisotopic (exact) mass is 338 g/mol. The topological polar surface area (TPSA) is 33.2 Å². The number of hydrogen-bond donors (Lipinski definition) is 0. The van der Waals surface area contributed by atoms with Crippen molar-refractivity contribution in [1.82, 2.24) is 9.88 Å². The Hall–Kier alpha value is -0.740. The lowest BCUT2D eigenvalue weighted by Crippen LogP contribution is -2.51. The molecule has 1 fully saturated rings. The molecule has 1 aliphatic carbocycles. The van der Waals surface area contributed by atoms with Gasteiger partial charge in [-0.15, -0.1) is 0 Å². The fourth-order valence-electron chi connectivity index (χ4n) is 3.13. The zero-order valence-electron chi connectivity index (χ0n) is 12.4. The molecule has 3 nitrogen and oxygen atoms in total. The van der Waals surface area contributed by atoms with Crippen LogP contribution in [0.2, 0.25) is 0 Å². The quantitative estimate of drug-likeness (QED) is 0.786. The van der Waals surface area contributed by atoms with Gasteiger partial charge in [0.25, 0.3) is 0 Å². The Labute approximate surface area is 129 Å². The predicted molar refractivity (Wildman–Crippen MR) is 84.8 cm³/mol. The Balaban J connectivity index is 2.16. The van der Waals surface area contributed by atoms with E-state index in [9.17, 15) is 4.79 Å². The van der Waals surface area contributed by atoms with E-state index in [1.165, 1.54) is 12.8 Å². The van der Waals surface area contributed by atoms with Gasteiger partial charge in [0.15, 0.2) is 5.78 Å². The Morgan fingerprint density at radius 2 is 1.90 bits per heavy atom. The lowest BCUT2D eigenvalue weighted by atomic mass is 9.82. The minimum atomic E-state index is -0.286. The summed E-state index contributed by atoms with van der Waals surface area (Å²) in [6.45, 7) is 0. The summed E-state index contributed by atoms with van der Waals surface area (Å²) in [5.41, 5.74) is 0.578. The van der Waals surface area contributed by atoms with Crippen molar-refractivity contribution in [2.24, 2.45) is 0 Å². The predicted octanol–water partition coefficient (Wildman–Crippen LogP) is 3.61. The largest absolute Gasteiger partial charge is 0.297 e. The normalized spacial score (nSPS) is 18.8. The molecule has 110 valence electrons. The van der Waals surface area contributed by atoms with Gasteiger partial charge in [0.1, 0.15) is 0 Å². The Kier molecular flexibility index (Phi) is 5.33. The van der Waals surface area contributed by atoms with Gasteiger partial charge in [-0.3, -0.25) is 14.7 Å². The molecule has 0 unspecified atom stereocenters. The van der Waals surface area contributed by atoms with Crippen LogP contribution in [0.25, 0.3) is 0 Å². The standard InChI is InChI=1S/C16H23BrN2O/c1-19(2)16(9-5-3-4-6-10-16)15(20)11-14-8-7-13(17)12-18-14/h7-8,12H,3-6,9-11H2,1-2H3. The number of rotatable bonds is 4. The van der Waals surface area contributed by atoms with Crippen molar-refractivity contribution >= 4 is 21.7 Å². The second-order valence-electron chi connectivity index (χ2n) is 5.91. The van der Waals surface area contributed by atoms with Crippen molar-refractivity contribution in [1.29, 1.82) is 0 Å². The summed E-state index contributed by atoms with van der Waals surface area (Å²) in [6.07, 6.45) is 8.96. The van der Waals surface area contributed by atoms with E-state index in [0.29, 0.717) is 12.2 Å². The van der Waals surface area contributed by atoms with Crippen LogP contribution in [0.1, 0.15) is 44.2 Å². The molecule has 0 saturated heterocycles. The van der Waals surface area contributed by atoms with E-state index in [0.717, 1.165) is 35.8 Å². The van der Waals surface area contributed by atoms with E-state index in [1.807, 2.05) is 26.2 Å². The third kappa shape index (κ3) is 3.47. The van der Waals surface area contributed by atoms with Crippen molar-refractivity contribution in [2.45, 2.75) is 50.5 Å². The fourth-order valence-corrected chi connectivity index (χ4v) is 3.36. The van der Waals surface area contributed by atoms with Crippen molar-refractivity contribution in [3.05, 3.63) is 28.5 Å². The first-order valence-corrected chi connectivity index (χ1v) is 8.15. The molecule has 1 saturated carbocycles. The second kappa shape index (κ2) is 6.81. The minimum Gasteiger partial charge on any atom is -0.297 e. The third-order valence-corrected chi connectivity index (χ3v) is 4.91. The van der Waals surface area contributed by atoms with Crippen molar-refractivity contribution < 1.29 is 4.79 Å². The number of ketones is 1. The summed E-state index contributed by atoms with van der Waals surface area (Å²) in [6, 6.07) is 3.88. The van der Waals surface area contributed by atoms with Crippen molar-refractivity contribution in [3.63, 3.8) is 0 Å². The first-order chi connectivity index (χ1) is 9.54. The van der Waals surface area contributed by atoms with Crippen molar-refractivity contribution in [2.75, 3.05) is 14.1 Å². The van der Waals surface area contributed by atoms with Gasteiger partial charge in [0, 0.05) is 16.4 Å². The van der Waals surface area contributed by atoms with Gasteiger partial charge in [-0.1, -0.05) is 25.7 Å². The number of halogens is 1. The highest BCUT2D eigenvalue weighted by molar-refractivity contribution is 9.10. The molecule has 1 heterocycles. The number of Topliss-reactive ketones (excluding diaryl/α,β-unsaturated/α-hetero) is 1. The van der Waals surface area contributed by atoms with Gasteiger partial charge < -0.3 is 0 Å². The SMILES string of the molecule is CN(C)C1(C(=O)Cc2ccc(Br)cn2)CCCCCC1. The van der Waals surface area contributed by atoms with Crippen LogP contribution < -0.4 is 0 Å². The van der Waals surface area contributed by atoms with Gasteiger partial charge in [-0.05, 0) is 55.0 Å². The summed E-state index contributed by atoms with van der Waals surface area (Å²) >= 11 is 3.38. The van der Waals surface area contributed by atoms with Crippen LogP contribution in [-0.4, -0.2) is 35.3 Å². The van der Waals surface area contributed by atoms with Crippen LogP contribution in [-0.2, 0) is 11.2 Å². The van der Waals surface area contributed by atoms with Gasteiger partial charge >= 0.3 is 0 Å². The number of likely N-dealkylation sites (N-methyl/N-ethyl adjacent to an activating group) is 1. The van der Waals surface area contributed by atoms with Crippen molar-refractivity contribution in [3.8, 4) is 0 Å². The summed E-state index contributed by atoms with van der Waals surface area (Å²) in [7, 11) is 4.08. The molecular weight excluding hydrogens is 316 g/mol. The first kappa shape index (κ1) is 15.6. The highest BCUT2D eigenvalue weighted by Gasteiger charge is 2.40. The number of carbonyl (C=O) groups is 1. The van der Waals surface area contributed by atoms with E-state index in [1.54, 1.807) is 6.20 Å². The van der Waals surface area contributed by atoms with Gasteiger partial charge in [0.05, 0.1) is 12.0 Å². The number of pyridine rings is 1. The van der Waals surface area contributed by atoms with Crippen LogP contribution in [0, 0.1) is 0 Å². The molecule has 1 aromatic heterocycles. The maximum atomic E-state index is 12.9. The molecule has 20 heavy (non-hydrogen) atoms. The number of nitrogens with zero attached hydrogens (tertiary/aromatic N) is 2. The van der Waals surface area contributed by atoms with E-state index in [-0.39, 0.29) is 5.54 Å². The van der Waals surface area contributed by atoms with Crippen LogP contribution >= 0.6 is 15.9 Å². The Morgan fingerprint density at radius 3 is 2.40 bits per heavy atom. The Bertz CT molecular complexity index is 448. The van der Waals surface area contributed by atoms with Gasteiger partial charge in [-0.25, -0.2) is 0 Å². The molecule has 1 aromatic rings. The van der Waals surface area contributed by atoms with Crippen LogP contribution in [0.5, 0.6) is 0 Å². The summed E-state index contributed by atoms with van der Waals surface area (Å²) in [5.74, 6) is 0.319. The molecule has 2 rings (SSSR count). The van der Waals surface area contributed by atoms with E-state index >= 15 is 0 Å². The second-order valence-corrected chi connectivity index (χ2v) is 6.82. The number of hydrogen-bond acceptors (Lipinski definition) is 3. The molecular formula is C16H23BrN2O. The lowest BCUT2D eigenvalue weighted by molar-refractivity contribution is -0.130. The van der Waals surface area contributed by atoms with Crippen LogP contribution in [0.3, 0.4) is 0 Å². The number of aromatic nitrogens is 1. The van der Waals surface area contributed by atoms with E-state index in [4.69, 9.17) is 0 Å². The third-order valence-electron chi connectivity index (χ3n) is 4.44. The van der Waals surface area contributed by atoms with Crippen LogP contribution in [0.15, 0.2) is 22.8 Å². The van der Waals surface area contributed by atoms with Gasteiger partial charge in [-0.2, -0.15) is 0 Å². The summed E-state index contributed by atoms with van der Waals surface area (Å²) in [4.78, 5) is 19.4. The molecule has 0 amide bonds. The molecule has 1 aliphatic rings. The van der Waals surface area contributed by atoms with Gasteiger partial charge in [0.2, 0.25) is 0 Å². The Morgan fingerprint density at radius 1 is 1.25 bits per heavy atom. The molecule has 0 aromatic carbocycles. The highest BCUT2D eigenvalue weighted by atomic mass is 79.9. The molecule has 0 N–H and O–H groups in total. The smallest absolute Gasteiger partial charge is 0.158 e. The molecule has 4 heteroatoms. The van der Waals surface area contributed by atoms with E-state index in [2.05, 4.69) is 25.8 Å². The number of carbonyl (C=O) groups excluding carboxylic acids is 1. The highest BCUT2D eigenvalue weighted by Crippen LogP contribution is 2.32. The zero-order valence-corrected chi connectivity index (χ0v) is 13.9. The molecule has 0 aliphatic heterocycles. The lowest BCUT2D eigenvalue weighted by Gasteiger charge is -2.38. The van der Waals surface area contributed by atoms with Crippen LogP contribution in [0.4, 0.5) is 0 Å². The summed E-state index contributed by atoms with van der Waals surface area (Å²) < 4.78 is 0.950. The molecule has 0 atom stereocenters. The molecule has 0 spiro atoms. The molecule has 0 bridgehead atoms. The van der Waals surface area contributed by atoms with E-state index < -0.39 is 0 Å². The summed E-state index contributed by atoms with van der Waals surface area (Å²) in [5, 5.41) is 0. The first-order valence-electron chi connectivity index (χ1n) is 7.36. The minimum absolute atomic E-state index is 0.286. The average molecular weight is 339 g/mol. The fraction of sp³-hybridized carbons (Fsp3) is 0.625. The average Bonchev–Trinajstić information content (AvgIpc) is 2.68. The molecule has 0 radical (unpaired) electrons. The zero-order chi connectivity index (χ0) is 14.6. The maximum absolute atomic E-state index is 12.9. The maximum Gasteiger partial charge on any atom is 0.158 e.